The van der Waals surface area contributed by atoms with Crippen LogP contribution in [0.15, 0.2) is 18.3 Å². The molecule has 1 fully saturated rings. The highest BCUT2D eigenvalue weighted by Crippen LogP contribution is 2.16. The van der Waals surface area contributed by atoms with E-state index in [1.807, 2.05) is 17.1 Å². The predicted octanol–water partition coefficient (Wildman–Crippen LogP) is 0.656. The summed E-state index contributed by atoms with van der Waals surface area (Å²) in [5.41, 5.74) is 9.66. The Morgan fingerprint density at radius 2 is 2.13 bits per heavy atom. The molecule has 2 heterocycles. The third kappa shape index (κ3) is 2.44. The highest BCUT2D eigenvalue weighted by molar-refractivity contribution is 5.79. The van der Waals surface area contributed by atoms with Crippen LogP contribution in [0.5, 0.6) is 0 Å². The number of nitrogens with one attached hydrogen (secondary N) is 1. The first-order valence-electron chi connectivity index (χ1n) is 4.99. The number of Topliss-reactive ketones (excluding diaryl/α,β-unsaturated/α-hetero) is 1. The molecule has 0 saturated carbocycles. The number of aromatic nitrogens is 1. The molecule has 80 valence electrons. The van der Waals surface area contributed by atoms with Crippen molar-refractivity contribution < 1.29 is 4.79 Å². The smallest absolute Gasteiger partial charge is 0.148 e. The van der Waals surface area contributed by atoms with Crippen LogP contribution in [0.25, 0.3) is 0 Å². The molecule has 0 atom stereocenters. The van der Waals surface area contributed by atoms with Crippen molar-refractivity contribution in [3.05, 3.63) is 18.3 Å². The van der Waals surface area contributed by atoms with E-state index in [0.29, 0.717) is 24.4 Å². The summed E-state index contributed by atoms with van der Waals surface area (Å²) in [4.78, 5) is 15.0. The SMILES string of the molecule is Nc1ncccc1NN1CCC(=O)CC1. The van der Waals surface area contributed by atoms with E-state index in [1.54, 1.807) is 6.20 Å². The second kappa shape index (κ2) is 4.27. The van der Waals surface area contributed by atoms with Gasteiger partial charge in [-0.25, -0.2) is 9.99 Å². The van der Waals surface area contributed by atoms with Gasteiger partial charge in [-0.3, -0.25) is 4.79 Å². The van der Waals surface area contributed by atoms with Crippen molar-refractivity contribution in [2.75, 3.05) is 24.2 Å². The molecular weight excluding hydrogens is 192 g/mol. The Labute approximate surface area is 88.3 Å². The quantitative estimate of drug-likeness (QED) is 0.743. The van der Waals surface area contributed by atoms with E-state index in [0.717, 1.165) is 18.8 Å². The highest BCUT2D eigenvalue weighted by Gasteiger charge is 2.16. The number of carbonyl (C=O) groups excluding carboxylic acids is 1. The Bertz CT molecular complexity index is 356. The van der Waals surface area contributed by atoms with Crippen LogP contribution in [0, 0.1) is 0 Å². The van der Waals surface area contributed by atoms with Crippen molar-refractivity contribution in [1.29, 1.82) is 0 Å². The summed E-state index contributed by atoms with van der Waals surface area (Å²) >= 11 is 0. The number of anilines is 2. The minimum absolute atomic E-state index is 0.326. The van der Waals surface area contributed by atoms with Gasteiger partial charge in [0, 0.05) is 32.1 Å². The molecular formula is C10H14N4O. The van der Waals surface area contributed by atoms with Crippen LogP contribution < -0.4 is 11.2 Å². The molecule has 0 amide bonds. The average molecular weight is 206 g/mol. The lowest BCUT2D eigenvalue weighted by Crippen LogP contribution is -2.38. The molecule has 5 nitrogen and oxygen atoms in total. The van der Waals surface area contributed by atoms with E-state index in [4.69, 9.17) is 5.73 Å². The lowest BCUT2D eigenvalue weighted by Gasteiger charge is -2.27. The van der Waals surface area contributed by atoms with Crippen LogP contribution in [0.3, 0.4) is 0 Å². The monoisotopic (exact) mass is 206 g/mol. The van der Waals surface area contributed by atoms with Gasteiger partial charge in [-0.2, -0.15) is 0 Å². The number of carbonyl (C=O) groups is 1. The van der Waals surface area contributed by atoms with E-state index in [-0.39, 0.29) is 0 Å². The zero-order valence-electron chi connectivity index (χ0n) is 8.44. The highest BCUT2D eigenvalue weighted by atomic mass is 16.1. The number of piperidine rings is 1. The molecule has 0 bridgehead atoms. The molecule has 1 aromatic heterocycles. The third-order valence-corrected chi connectivity index (χ3v) is 2.44. The minimum atomic E-state index is 0.326. The topological polar surface area (TPSA) is 71.2 Å². The second-order valence-corrected chi connectivity index (χ2v) is 3.57. The van der Waals surface area contributed by atoms with Gasteiger partial charge in [0.1, 0.15) is 11.6 Å². The largest absolute Gasteiger partial charge is 0.382 e. The fraction of sp³-hybridized carbons (Fsp3) is 0.400. The second-order valence-electron chi connectivity index (χ2n) is 3.57. The van der Waals surface area contributed by atoms with Crippen LogP contribution >= 0.6 is 0 Å². The Morgan fingerprint density at radius 3 is 2.80 bits per heavy atom. The Kier molecular flexibility index (Phi) is 2.82. The first-order valence-corrected chi connectivity index (χ1v) is 4.99. The molecule has 1 aromatic rings. The normalized spacial score (nSPS) is 17.7. The van der Waals surface area contributed by atoms with Gasteiger partial charge in [-0.05, 0) is 12.1 Å². The lowest BCUT2D eigenvalue weighted by molar-refractivity contribution is -0.121. The molecule has 0 radical (unpaired) electrons. The van der Waals surface area contributed by atoms with E-state index >= 15 is 0 Å². The summed E-state index contributed by atoms with van der Waals surface area (Å²) < 4.78 is 0. The summed E-state index contributed by atoms with van der Waals surface area (Å²) in [6.45, 7) is 1.46. The van der Waals surface area contributed by atoms with Crippen LogP contribution in [0.4, 0.5) is 11.5 Å². The van der Waals surface area contributed by atoms with Crippen molar-refractivity contribution in [1.82, 2.24) is 9.99 Å². The molecule has 3 N–H and O–H groups in total. The molecule has 15 heavy (non-hydrogen) atoms. The number of hydrogen-bond donors (Lipinski definition) is 2. The maximum Gasteiger partial charge on any atom is 0.148 e. The van der Waals surface area contributed by atoms with Gasteiger partial charge in [0.2, 0.25) is 0 Å². The average Bonchev–Trinajstić information content (AvgIpc) is 2.25. The molecule has 0 unspecified atom stereocenters. The molecule has 1 saturated heterocycles. The van der Waals surface area contributed by atoms with Crippen LogP contribution in [0.2, 0.25) is 0 Å². The van der Waals surface area contributed by atoms with Crippen molar-refractivity contribution in [2.24, 2.45) is 0 Å². The summed E-state index contributed by atoms with van der Waals surface area (Å²) in [6.07, 6.45) is 2.86. The zero-order chi connectivity index (χ0) is 10.7. The fourth-order valence-corrected chi connectivity index (χ4v) is 1.55. The van der Waals surface area contributed by atoms with Crippen molar-refractivity contribution in [3.8, 4) is 0 Å². The van der Waals surface area contributed by atoms with Gasteiger partial charge in [-0.1, -0.05) is 0 Å². The number of pyridine rings is 1. The summed E-state index contributed by atoms with van der Waals surface area (Å²) in [7, 11) is 0. The summed E-state index contributed by atoms with van der Waals surface area (Å²) in [5, 5.41) is 1.99. The standard InChI is InChI=1S/C10H14N4O/c11-10-9(2-1-5-12-10)13-14-6-3-8(15)4-7-14/h1-2,5,13H,3-4,6-7H2,(H2,11,12). The number of ketones is 1. The first-order chi connectivity index (χ1) is 7.25. The number of nitrogens with two attached hydrogens (primary N) is 1. The Balaban J connectivity index is 1.97. The van der Waals surface area contributed by atoms with Crippen LogP contribution in [0.1, 0.15) is 12.8 Å². The Morgan fingerprint density at radius 1 is 1.40 bits per heavy atom. The van der Waals surface area contributed by atoms with Gasteiger partial charge in [0.25, 0.3) is 0 Å². The van der Waals surface area contributed by atoms with Crippen molar-refractivity contribution in [2.45, 2.75) is 12.8 Å². The van der Waals surface area contributed by atoms with Gasteiger partial charge in [0.15, 0.2) is 0 Å². The molecule has 2 rings (SSSR count). The predicted molar refractivity (Wildman–Crippen MR) is 58.1 cm³/mol. The maximum absolute atomic E-state index is 11.0. The van der Waals surface area contributed by atoms with E-state index < -0.39 is 0 Å². The van der Waals surface area contributed by atoms with Gasteiger partial charge in [0.05, 0.1) is 5.69 Å². The van der Waals surface area contributed by atoms with Crippen LogP contribution in [-0.2, 0) is 4.79 Å². The molecule has 0 spiro atoms. The number of nitrogen functional groups attached to an aromatic ring is 1. The molecule has 1 aliphatic heterocycles. The zero-order valence-corrected chi connectivity index (χ0v) is 8.44. The Hall–Kier alpha value is -1.62. The van der Waals surface area contributed by atoms with Gasteiger partial charge < -0.3 is 11.2 Å². The molecule has 0 aliphatic carbocycles. The van der Waals surface area contributed by atoms with Crippen molar-refractivity contribution >= 4 is 17.3 Å². The molecule has 0 aromatic carbocycles. The third-order valence-electron chi connectivity index (χ3n) is 2.44. The van der Waals surface area contributed by atoms with Crippen molar-refractivity contribution in [3.63, 3.8) is 0 Å². The lowest BCUT2D eigenvalue weighted by atomic mass is 10.1. The fourth-order valence-electron chi connectivity index (χ4n) is 1.55. The van der Waals surface area contributed by atoms with Gasteiger partial charge >= 0.3 is 0 Å². The van der Waals surface area contributed by atoms with Gasteiger partial charge in [-0.15, -0.1) is 0 Å². The number of hydrogen-bond acceptors (Lipinski definition) is 5. The summed E-state index contributed by atoms with van der Waals surface area (Å²) in [5.74, 6) is 0.807. The number of nitrogens with zero attached hydrogens (tertiary/aromatic N) is 2. The number of hydrazine groups is 1. The number of rotatable bonds is 2. The van der Waals surface area contributed by atoms with E-state index in [9.17, 15) is 4.79 Å². The molecule has 5 heteroatoms. The summed E-state index contributed by atoms with van der Waals surface area (Å²) in [6, 6.07) is 3.70. The molecule has 1 aliphatic rings. The van der Waals surface area contributed by atoms with E-state index in [2.05, 4.69) is 10.4 Å². The minimum Gasteiger partial charge on any atom is -0.382 e. The van der Waals surface area contributed by atoms with E-state index in [1.165, 1.54) is 0 Å². The maximum atomic E-state index is 11.0. The first kappa shape index (κ1) is 9.92. The van der Waals surface area contributed by atoms with Crippen LogP contribution in [-0.4, -0.2) is 28.9 Å².